The number of rotatable bonds is 8. The maximum absolute atomic E-state index is 12.8. The minimum absolute atomic E-state index is 0.00503. The molecule has 0 aliphatic heterocycles. The number of carbonyl (C=O) groups excluding carboxylic acids is 3. The molecular formula is C23H29N3O3. The van der Waals surface area contributed by atoms with Crippen molar-refractivity contribution in [2.24, 2.45) is 5.92 Å². The smallest absolute Gasteiger partial charge is 0.251 e. The Bertz CT molecular complexity index is 849. The number of nitrogens with one attached hydrogen (secondary N) is 2. The molecular weight excluding hydrogens is 366 g/mol. The van der Waals surface area contributed by atoms with Gasteiger partial charge in [0.1, 0.15) is 6.04 Å². The number of amides is 3. The van der Waals surface area contributed by atoms with Crippen LogP contribution < -0.4 is 10.6 Å². The lowest BCUT2D eigenvalue weighted by atomic mass is 10.0. The van der Waals surface area contributed by atoms with E-state index < -0.39 is 6.04 Å². The van der Waals surface area contributed by atoms with Gasteiger partial charge in [-0.2, -0.15) is 0 Å². The highest BCUT2D eigenvalue weighted by Crippen LogP contribution is 2.15. The zero-order valence-electron chi connectivity index (χ0n) is 17.4. The zero-order valence-corrected chi connectivity index (χ0v) is 17.4. The van der Waals surface area contributed by atoms with E-state index >= 15 is 0 Å². The average molecular weight is 396 g/mol. The molecule has 1 unspecified atom stereocenters. The Morgan fingerprint density at radius 1 is 1.00 bits per heavy atom. The Morgan fingerprint density at radius 3 is 2.28 bits per heavy atom. The molecule has 0 heterocycles. The van der Waals surface area contributed by atoms with Gasteiger partial charge in [-0.05, 0) is 42.7 Å². The van der Waals surface area contributed by atoms with Gasteiger partial charge in [0, 0.05) is 31.3 Å². The highest BCUT2D eigenvalue weighted by Gasteiger charge is 2.24. The lowest BCUT2D eigenvalue weighted by Crippen LogP contribution is -2.47. The van der Waals surface area contributed by atoms with Gasteiger partial charge in [0.05, 0.1) is 0 Å². The van der Waals surface area contributed by atoms with E-state index in [2.05, 4.69) is 10.6 Å². The first-order valence-electron chi connectivity index (χ1n) is 9.83. The molecule has 2 aromatic rings. The fraction of sp³-hybridized carbons (Fsp3) is 0.348. The molecule has 29 heavy (non-hydrogen) atoms. The summed E-state index contributed by atoms with van der Waals surface area (Å²) in [5.74, 6) is -0.641. The summed E-state index contributed by atoms with van der Waals surface area (Å²) in [7, 11) is 0. The summed E-state index contributed by atoms with van der Waals surface area (Å²) in [6, 6.07) is 15.5. The summed E-state index contributed by atoms with van der Waals surface area (Å²) >= 11 is 0. The molecule has 2 aromatic carbocycles. The van der Waals surface area contributed by atoms with Crippen LogP contribution in [0, 0.1) is 5.92 Å². The van der Waals surface area contributed by atoms with Crippen molar-refractivity contribution < 1.29 is 14.4 Å². The van der Waals surface area contributed by atoms with Crippen molar-refractivity contribution in [3.8, 4) is 0 Å². The molecule has 1 atom stereocenters. The first-order valence-corrected chi connectivity index (χ1v) is 9.83. The van der Waals surface area contributed by atoms with Crippen molar-refractivity contribution in [3.05, 3.63) is 65.7 Å². The van der Waals surface area contributed by atoms with E-state index in [1.54, 1.807) is 35.2 Å². The normalized spacial score (nSPS) is 11.6. The Balaban J connectivity index is 2.09. The van der Waals surface area contributed by atoms with Crippen LogP contribution in [0.3, 0.4) is 0 Å². The molecule has 6 heteroatoms. The molecule has 0 fully saturated rings. The van der Waals surface area contributed by atoms with E-state index in [-0.39, 0.29) is 23.6 Å². The van der Waals surface area contributed by atoms with Gasteiger partial charge in [-0.15, -0.1) is 0 Å². The molecule has 0 aliphatic rings. The van der Waals surface area contributed by atoms with Gasteiger partial charge in [0.2, 0.25) is 11.8 Å². The van der Waals surface area contributed by atoms with E-state index in [1.165, 1.54) is 6.92 Å². The van der Waals surface area contributed by atoms with Crippen molar-refractivity contribution in [2.75, 3.05) is 11.9 Å². The summed E-state index contributed by atoms with van der Waals surface area (Å²) in [5, 5.41) is 5.70. The molecule has 0 saturated heterocycles. The second-order valence-corrected chi connectivity index (χ2v) is 7.28. The first kappa shape index (κ1) is 22.1. The molecule has 0 spiro atoms. The van der Waals surface area contributed by atoms with E-state index in [4.69, 9.17) is 0 Å². The standard InChI is InChI=1S/C23H29N3O3/c1-5-26(17(4)27)15-18-10-9-13-20(14-18)24-23(29)21(16(2)3)25-22(28)19-11-7-6-8-12-19/h6-14,16,21H,5,15H2,1-4H3,(H,24,29)(H,25,28). The van der Waals surface area contributed by atoms with Crippen LogP contribution in [-0.4, -0.2) is 35.2 Å². The number of carbonyl (C=O) groups is 3. The molecule has 0 bridgehead atoms. The van der Waals surface area contributed by atoms with Gasteiger partial charge >= 0.3 is 0 Å². The van der Waals surface area contributed by atoms with Crippen molar-refractivity contribution >= 4 is 23.4 Å². The predicted molar refractivity (Wildman–Crippen MR) is 114 cm³/mol. The van der Waals surface area contributed by atoms with Crippen molar-refractivity contribution in [1.82, 2.24) is 10.2 Å². The molecule has 154 valence electrons. The number of hydrogen-bond acceptors (Lipinski definition) is 3. The van der Waals surface area contributed by atoms with Gasteiger partial charge in [0.25, 0.3) is 5.91 Å². The Morgan fingerprint density at radius 2 is 1.69 bits per heavy atom. The van der Waals surface area contributed by atoms with Gasteiger partial charge in [-0.3, -0.25) is 14.4 Å². The predicted octanol–water partition coefficient (Wildman–Crippen LogP) is 3.45. The molecule has 0 radical (unpaired) electrons. The molecule has 0 saturated carbocycles. The van der Waals surface area contributed by atoms with Gasteiger partial charge in [-0.1, -0.05) is 44.2 Å². The summed E-state index contributed by atoms with van der Waals surface area (Å²) < 4.78 is 0. The van der Waals surface area contributed by atoms with Crippen LogP contribution in [0.2, 0.25) is 0 Å². The third-order valence-corrected chi connectivity index (χ3v) is 4.67. The monoisotopic (exact) mass is 395 g/mol. The lowest BCUT2D eigenvalue weighted by Gasteiger charge is -2.22. The summed E-state index contributed by atoms with van der Waals surface area (Å²) in [6.45, 7) is 8.34. The topological polar surface area (TPSA) is 78.5 Å². The first-order chi connectivity index (χ1) is 13.8. The summed E-state index contributed by atoms with van der Waals surface area (Å²) in [6.07, 6.45) is 0. The minimum atomic E-state index is -0.671. The van der Waals surface area contributed by atoms with Crippen LogP contribution in [-0.2, 0) is 16.1 Å². The maximum atomic E-state index is 12.8. The third kappa shape index (κ3) is 6.45. The molecule has 0 aromatic heterocycles. The highest BCUT2D eigenvalue weighted by atomic mass is 16.2. The summed E-state index contributed by atoms with van der Waals surface area (Å²) in [4.78, 5) is 38.7. The van der Waals surface area contributed by atoms with Gasteiger partial charge in [0.15, 0.2) is 0 Å². The van der Waals surface area contributed by atoms with Crippen LogP contribution in [0.25, 0.3) is 0 Å². The Labute approximate surface area is 172 Å². The quantitative estimate of drug-likeness (QED) is 0.719. The van der Waals surface area contributed by atoms with E-state index in [9.17, 15) is 14.4 Å². The number of anilines is 1. The molecule has 2 N–H and O–H groups in total. The van der Waals surface area contributed by atoms with Crippen molar-refractivity contribution in [2.45, 2.75) is 40.3 Å². The third-order valence-electron chi connectivity index (χ3n) is 4.67. The second kappa shape index (κ2) is 10.4. The second-order valence-electron chi connectivity index (χ2n) is 7.28. The Hall–Kier alpha value is -3.15. The molecule has 2 rings (SSSR count). The van der Waals surface area contributed by atoms with Crippen LogP contribution in [0.4, 0.5) is 5.69 Å². The molecule has 0 aliphatic carbocycles. The van der Waals surface area contributed by atoms with Crippen molar-refractivity contribution in [3.63, 3.8) is 0 Å². The number of nitrogens with zero attached hydrogens (tertiary/aromatic N) is 1. The van der Waals surface area contributed by atoms with E-state index in [0.717, 1.165) is 5.56 Å². The summed E-state index contributed by atoms with van der Waals surface area (Å²) in [5.41, 5.74) is 2.07. The maximum Gasteiger partial charge on any atom is 0.251 e. The van der Waals surface area contributed by atoms with Crippen LogP contribution in [0.15, 0.2) is 54.6 Å². The number of hydrogen-bond donors (Lipinski definition) is 2. The van der Waals surface area contributed by atoms with E-state index in [1.807, 2.05) is 45.0 Å². The zero-order chi connectivity index (χ0) is 21.4. The fourth-order valence-electron chi connectivity index (χ4n) is 2.98. The lowest BCUT2D eigenvalue weighted by molar-refractivity contribution is -0.129. The SMILES string of the molecule is CCN(Cc1cccc(NC(=O)C(NC(=O)c2ccccc2)C(C)C)c1)C(C)=O. The van der Waals surface area contributed by atoms with Gasteiger partial charge in [-0.25, -0.2) is 0 Å². The average Bonchev–Trinajstić information content (AvgIpc) is 2.70. The van der Waals surface area contributed by atoms with Crippen LogP contribution in [0.1, 0.15) is 43.6 Å². The largest absolute Gasteiger partial charge is 0.340 e. The van der Waals surface area contributed by atoms with Crippen LogP contribution in [0.5, 0.6) is 0 Å². The molecule has 6 nitrogen and oxygen atoms in total. The fourth-order valence-corrected chi connectivity index (χ4v) is 2.98. The van der Waals surface area contributed by atoms with E-state index in [0.29, 0.717) is 24.3 Å². The van der Waals surface area contributed by atoms with Crippen LogP contribution >= 0.6 is 0 Å². The Kier molecular flexibility index (Phi) is 7.95. The van der Waals surface area contributed by atoms with Gasteiger partial charge < -0.3 is 15.5 Å². The van der Waals surface area contributed by atoms with Crippen molar-refractivity contribution in [1.29, 1.82) is 0 Å². The minimum Gasteiger partial charge on any atom is -0.340 e. The highest BCUT2D eigenvalue weighted by molar-refractivity contribution is 6.01. The molecule has 3 amide bonds. The number of benzene rings is 2.